The van der Waals surface area contributed by atoms with E-state index in [2.05, 4.69) is 25.7 Å². The van der Waals surface area contributed by atoms with Crippen molar-refractivity contribution >= 4 is 0 Å². The SMILES string of the molecule is CCC1CCC(O)C(N2CC(C)OCC2C)C1. The molecule has 5 unspecified atom stereocenters. The summed E-state index contributed by atoms with van der Waals surface area (Å²) in [5.41, 5.74) is 0. The van der Waals surface area contributed by atoms with E-state index < -0.39 is 0 Å². The zero-order chi connectivity index (χ0) is 12.4. The zero-order valence-corrected chi connectivity index (χ0v) is 11.4. The second kappa shape index (κ2) is 5.68. The summed E-state index contributed by atoms with van der Waals surface area (Å²) in [6, 6.07) is 0.802. The van der Waals surface area contributed by atoms with E-state index in [4.69, 9.17) is 4.74 Å². The van der Waals surface area contributed by atoms with Crippen molar-refractivity contribution in [3.63, 3.8) is 0 Å². The highest BCUT2D eigenvalue weighted by Crippen LogP contribution is 2.32. The van der Waals surface area contributed by atoms with Gasteiger partial charge in [-0.1, -0.05) is 13.3 Å². The Morgan fingerprint density at radius 2 is 2.06 bits per heavy atom. The van der Waals surface area contributed by atoms with Crippen LogP contribution in [0.3, 0.4) is 0 Å². The molecular formula is C14H27NO2. The lowest BCUT2D eigenvalue weighted by molar-refractivity contribution is -0.100. The Bertz CT molecular complexity index is 246. The Hall–Kier alpha value is -0.120. The molecule has 1 N–H and O–H groups in total. The number of morpholine rings is 1. The number of hydrogen-bond acceptors (Lipinski definition) is 3. The summed E-state index contributed by atoms with van der Waals surface area (Å²) in [6.07, 6.45) is 4.75. The van der Waals surface area contributed by atoms with Crippen LogP contribution in [0.15, 0.2) is 0 Å². The largest absolute Gasteiger partial charge is 0.391 e. The van der Waals surface area contributed by atoms with Gasteiger partial charge in [-0.25, -0.2) is 0 Å². The zero-order valence-electron chi connectivity index (χ0n) is 11.4. The lowest BCUT2D eigenvalue weighted by Gasteiger charge is -2.46. The molecule has 0 amide bonds. The fraction of sp³-hybridized carbons (Fsp3) is 1.00. The molecule has 0 aromatic rings. The number of ether oxygens (including phenoxy) is 1. The van der Waals surface area contributed by atoms with Crippen LogP contribution in [0.2, 0.25) is 0 Å². The summed E-state index contributed by atoms with van der Waals surface area (Å²) in [6.45, 7) is 8.39. The predicted molar refractivity (Wildman–Crippen MR) is 69.0 cm³/mol. The molecule has 1 aliphatic heterocycles. The number of hydrogen-bond donors (Lipinski definition) is 1. The van der Waals surface area contributed by atoms with Gasteiger partial charge in [0.15, 0.2) is 0 Å². The topological polar surface area (TPSA) is 32.7 Å². The van der Waals surface area contributed by atoms with Crippen molar-refractivity contribution in [2.24, 2.45) is 5.92 Å². The Morgan fingerprint density at radius 1 is 1.29 bits per heavy atom. The van der Waals surface area contributed by atoms with Crippen molar-refractivity contribution in [1.29, 1.82) is 0 Å². The molecule has 1 saturated heterocycles. The predicted octanol–water partition coefficient (Wildman–Crippen LogP) is 2.04. The standard InChI is InChI=1S/C14H27NO2/c1-4-12-5-6-14(16)13(7-12)15-8-11(3)17-9-10(15)2/h10-14,16H,4-9H2,1-3H3. The van der Waals surface area contributed by atoms with Gasteiger partial charge in [0.25, 0.3) is 0 Å². The van der Waals surface area contributed by atoms with E-state index in [1.165, 1.54) is 12.8 Å². The van der Waals surface area contributed by atoms with Gasteiger partial charge in [0.05, 0.1) is 18.8 Å². The maximum absolute atomic E-state index is 10.3. The first-order chi connectivity index (χ1) is 8.11. The molecule has 2 aliphatic rings. The summed E-state index contributed by atoms with van der Waals surface area (Å²) < 4.78 is 5.68. The van der Waals surface area contributed by atoms with Crippen molar-refractivity contribution in [2.75, 3.05) is 13.2 Å². The molecule has 1 aliphatic carbocycles. The van der Waals surface area contributed by atoms with Gasteiger partial charge in [-0.15, -0.1) is 0 Å². The van der Waals surface area contributed by atoms with Gasteiger partial charge in [0.1, 0.15) is 0 Å². The van der Waals surface area contributed by atoms with E-state index in [9.17, 15) is 5.11 Å². The number of aliphatic hydroxyl groups excluding tert-OH is 1. The lowest BCUT2D eigenvalue weighted by Crippen LogP contribution is -2.57. The first-order valence-corrected chi connectivity index (χ1v) is 7.17. The van der Waals surface area contributed by atoms with Crippen LogP contribution in [0.4, 0.5) is 0 Å². The van der Waals surface area contributed by atoms with Crippen LogP contribution >= 0.6 is 0 Å². The van der Waals surface area contributed by atoms with Crippen LogP contribution < -0.4 is 0 Å². The van der Waals surface area contributed by atoms with Gasteiger partial charge < -0.3 is 9.84 Å². The molecule has 1 heterocycles. The van der Waals surface area contributed by atoms with E-state index in [0.717, 1.165) is 31.9 Å². The van der Waals surface area contributed by atoms with Crippen LogP contribution in [-0.4, -0.2) is 47.4 Å². The number of nitrogens with zero attached hydrogens (tertiary/aromatic N) is 1. The van der Waals surface area contributed by atoms with E-state index in [-0.39, 0.29) is 6.10 Å². The average Bonchev–Trinajstić information content (AvgIpc) is 2.33. The van der Waals surface area contributed by atoms with Gasteiger partial charge >= 0.3 is 0 Å². The maximum Gasteiger partial charge on any atom is 0.0695 e. The molecule has 5 atom stereocenters. The summed E-state index contributed by atoms with van der Waals surface area (Å²) in [5.74, 6) is 0.800. The quantitative estimate of drug-likeness (QED) is 0.803. The van der Waals surface area contributed by atoms with Gasteiger partial charge in [0.2, 0.25) is 0 Å². The van der Waals surface area contributed by atoms with Crippen LogP contribution in [0.25, 0.3) is 0 Å². The van der Waals surface area contributed by atoms with Crippen molar-refractivity contribution in [3.05, 3.63) is 0 Å². The van der Waals surface area contributed by atoms with Gasteiger partial charge in [-0.2, -0.15) is 0 Å². The first kappa shape index (κ1) is 13.3. The Morgan fingerprint density at radius 3 is 2.76 bits per heavy atom. The fourth-order valence-electron chi connectivity index (χ4n) is 3.33. The van der Waals surface area contributed by atoms with Crippen LogP contribution in [0.1, 0.15) is 46.5 Å². The first-order valence-electron chi connectivity index (χ1n) is 7.17. The van der Waals surface area contributed by atoms with Crippen molar-refractivity contribution < 1.29 is 9.84 Å². The third-order valence-corrected chi connectivity index (χ3v) is 4.55. The van der Waals surface area contributed by atoms with Crippen molar-refractivity contribution in [3.8, 4) is 0 Å². The molecule has 2 fully saturated rings. The Balaban J connectivity index is 2.02. The van der Waals surface area contributed by atoms with E-state index in [1.54, 1.807) is 0 Å². The van der Waals surface area contributed by atoms with Gasteiger partial charge in [-0.05, 0) is 39.0 Å². The molecule has 0 aromatic heterocycles. The highest BCUT2D eigenvalue weighted by atomic mass is 16.5. The lowest BCUT2D eigenvalue weighted by atomic mass is 9.81. The second-order valence-corrected chi connectivity index (χ2v) is 5.91. The molecule has 0 spiro atoms. The monoisotopic (exact) mass is 241 g/mol. The Labute approximate surface area is 105 Å². The van der Waals surface area contributed by atoms with E-state index in [1.807, 2.05) is 0 Å². The molecule has 3 heteroatoms. The Kier molecular flexibility index (Phi) is 4.45. The highest BCUT2D eigenvalue weighted by Gasteiger charge is 2.37. The number of aliphatic hydroxyl groups is 1. The van der Waals surface area contributed by atoms with Gasteiger partial charge in [-0.3, -0.25) is 4.90 Å². The summed E-state index contributed by atoms with van der Waals surface area (Å²) >= 11 is 0. The van der Waals surface area contributed by atoms with Gasteiger partial charge in [0, 0.05) is 18.6 Å². The fourth-order valence-corrected chi connectivity index (χ4v) is 3.33. The molecular weight excluding hydrogens is 214 g/mol. The minimum atomic E-state index is -0.134. The molecule has 0 bridgehead atoms. The second-order valence-electron chi connectivity index (χ2n) is 5.91. The highest BCUT2D eigenvalue weighted by molar-refractivity contribution is 4.90. The molecule has 1 saturated carbocycles. The molecule has 17 heavy (non-hydrogen) atoms. The molecule has 100 valence electrons. The van der Waals surface area contributed by atoms with Crippen LogP contribution in [0, 0.1) is 5.92 Å². The van der Waals surface area contributed by atoms with Crippen molar-refractivity contribution in [1.82, 2.24) is 4.90 Å². The van der Waals surface area contributed by atoms with E-state index >= 15 is 0 Å². The maximum atomic E-state index is 10.3. The summed E-state index contributed by atoms with van der Waals surface area (Å²) in [5, 5.41) is 10.3. The normalized spacial score (nSPS) is 44.8. The van der Waals surface area contributed by atoms with Crippen LogP contribution in [-0.2, 0) is 4.74 Å². The summed E-state index contributed by atoms with van der Waals surface area (Å²) in [7, 11) is 0. The third-order valence-electron chi connectivity index (χ3n) is 4.55. The van der Waals surface area contributed by atoms with Crippen molar-refractivity contribution in [2.45, 2.75) is 70.7 Å². The molecule has 0 radical (unpaired) electrons. The summed E-state index contributed by atoms with van der Waals surface area (Å²) in [4.78, 5) is 2.49. The minimum absolute atomic E-state index is 0.134. The van der Waals surface area contributed by atoms with Crippen LogP contribution in [0.5, 0.6) is 0 Å². The minimum Gasteiger partial charge on any atom is -0.391 e. The number of rotatable bonds is 2. The molecule has 0 aromatic carbocycles. The molecule has 3 nitrogen and oxygen atoms in total. The molecule has 2 rings (SSSR count). The van der Waals surface area contributed by atoms with E-state index in [0.29, 0.717) is 18.2 Å². The smallest absolute Gasteiger partial charge is 0.0695 e. The third kappa shape index (κ3) is 3.01. The average molecular weight is 241 g/mol.